The van der Waals surface area contributed by atoms with Crippen LogP contribution in [0.2, 0.25) is 0 Å². The number of benzene rings is 2. The van der Waals surface area contributed by atoms with Crippen molar-refractivity contribution >= 4 is 34.1 Å². The number of carbonyl (C=O) groups excluding carboxylic acids is 1. The summed E-state index contributed by atoms with van der Waals surface area (Å²) in [6.45, 7) is 8.34. The molecule has 8 nitrogen and oxygen atoms in total. The molecule has 1 fully saturated rings. The van der Waals surface area contributed by atoms with E-state index >= 15 is 0 Å². The van der Waals surface area contributed by atoms with Crippen LogP contribution in [0.5, 0.6) is 0 Å². The predicted molar refractivity (Wildman–Crippen MR) is 129 cm³/mol. The van der Waals surface area contributed by atoms with Gasteiger partial charge in [-0.2, -0.15) is 0 Å². The zero-order chi connectivity index (χ0) is 24.7. The van der Waals surface area contributed by atoms with Crippen LogP contribution in [0.15, 0.2) is 42.5 Å². The zero-order valence-electron chi connectivity index (χ0n) is 19.4. The van der Waals surface area contributed by atoms with E-state index in [1.54, 1.807) is 29.2 Å². The Morgan fingerprint density at radius 2 is 1.53 bits per heavy atom. The highest BCUT2D eigenvalue weighted by Gasteiger charge is 2.43. The van der Waals surface area contributed by atoms with Gasteiger partial charge in [-0.25, -0.2) is 17.9 Å². The van der Waals surface area contributed by atoms with Crippen LogP contribution in [0.3, 0.4) is 0 Å². The quantitative estimate of drug-likeness (QED) is 0.613. The van der Waals surface area contributed by atoms with Crippen molar-refractivity contribution in [2.24, 2.45) is 0 Å². The molecule has 0 spiro atoms. The van der Waals surface area contributed by atoms with E-state index in [2.05, 4.69) is 4.90 Å². The molecule has 2 aliphatic rings. The van der Waals surface area contributed by atoms with Crippen molar-refractivity contribution in [2.75, 3.05) is 47.9 Å². The molecular weight excluding hydrogens is 466 g/mol. The third-order valence-electron chi connectivity index (χ3n) is 5.69. The van der Waals surface area contributed by atoms with Crippen molar-refractivity contribution in [3.05, 3.63) is 54.1 Å². The molecule has 2 aromatic rings. The number of amides is 1. The van der Waals surface area contributed by atoms with E-state index in [1.165, 1.54) is 10.4 Å². The van der Waals surface area contributed by atoms with E-state index in [-0.39, 0.29) is 12.6 Å². The van der Waals surface area contributed by atoms with Gasteiger partial charge in [-0.05, 0) is 56.0 Å². The average Bonchev–Trinajstić information content (AvgIpc) is 2.98. The summed E-state index contributed by atoms with van der Waals surface area (Å²) in [5.41, 5.74) is -0.253. The summed E-state index contributed by atoms with van der Waals surface area (Å²) in [6.07, 6.45) is -0.350. The minimum Gasteiger partial charge on any atom is -0.444 e. The lowest BCUT2D eigenvalue weighted by atomic mass is 10.2. The Labute approximate surface area is 199 Å². The fraction of sp³-hybridized carbons (Fsp3) is 0.435. The third kappa shape index (κ3) is 4.78. The molecule has 2 aromatic carbocycles. The number of anilines is 3. The molecular formula is C23H30F2N4O4S. The Balaban J connectivity index is 1.47. The van der Waals surface area contributed by atoms with Gasteiger partial charge in [0.05, 0.1) is 17.9 Å². The van der Waals surface area contributed by atoms with E-state index in [4.69, 9.17) is 4.74 Å². The fourth-order valence-corrected chi connectivity index (χ4v) is 5.87. The molecule has 0 aliphatic carbocycles. The number of carbonyl (C=O) groups is 1. The number of ether oxygens (including phenoxy) is 1. The monoisotopic (exact) mass is 496 g/mol. The van der Waals surface area contributed by atoms with E-state index in [0.29, 0.717) is 44.1 Å². The van der Waals surface area contributed by atoms with Crippen molar-refractivity contribution < 1.29 is 27.4 Å². The summed E-state index contributed by atoms with van der Waals surface area (Å²) < 4.78 is 59.3. The van der Waals surface area contributed by atoms with Crippen LogP contribution in [-0.2, 0) is 4.74 Å². The molecule has 2 heterocycles. The molecule has 0 saturated carbocycles. The molecule has 0 atom stereocenters. The van der Waals surface area contributed by atoms with Gasteiger partial charge in [0.25, 0.3) is 0 Å². The number of para-hydroxylation sites is 3. The molecule has 0 bridgehead atoms. The Morgan fingerprint density at radius 1 is 0.941 bits per heavy atom. The minimum atomic E-state index is -3.75. The average molecular weight is 497 g/mol. The number of hydrogen-bond acceptors (Lipinski definition) is 7. The second-order valence-corrected chi connectivity index (χ2v) is 11.0. The van der Waals surface area contributed by atoms with Gasteiger partial charge in [-0.1, -0.05) is 18.2 Å². The van der Waals surface area contributed by atoms with Gasteiger partial charge in [0, 0.05) is 32.7 Å². The minimum absolute atomic E-state index is 0.221. The summed E-state index contributed by atoms with van der Waals surface area (Å²) in [5.74, 6) is -1.76. The molecule has 11 heteroatoms. The molecule has 1 amide bonds. The molecule has 2 aliphatic heterocycles. The lowest BCUT2D eigenvalue weighted by Crippen LogP contribution is -2.51. The van der Waals surface area contributed by atoms with Gasteiger partial charge < -0.3 is 9.64 Å². The van der Waals surface area contributed by atoms with E-state index in [9.17, 15) is 22.7 Å². The fourth-order valence-electron chi connectivity index (χ4n) is 4.09. The predicted octanol–water partition coefficient (Wildman–Crippen LogP) is 5.06. The number of rotatable bonds is 4. The van der Waals surface area contributed by atoms with E-state index in [1.807, 2.05) is 20.8 Å². The standard InChI is InChI=1S/C23H30F2N4O4S/c1-23(2,3)33-22(30)27-14-11-26(12-15-27)13-16-28-19-9-4-5-10-20(19)29(34(28,31)32)21-17(24)7-6-8-18(21)25/h4-10,31-32H,11-16H2,1-3H3. The third-order valence-corrected chi connectivity index (χ3v) is 7.53. The SMILES string of the molecule is CC(C)(C)OC(=O)N1CCN(CCN2c3ccccc3N(c3c(F)cccc3F)S2(O)O)CC1. The largest absolute Gasteiger partial charge is 0.444 e. The number of piperazine rings is 1. The first-order valence-electron chi connectivity index (χ1n) is 11.1. The summed E-state index contributed by atoms with van der Waals surface area (Å²) in [5, 5.41) is 0. The first-order valence-corrected chi connectivity index (χ1v) is 12.5. The summed E-state index contributed by atoms with van der Waals surface area (Å²) in [6, 6.07) is 10.1. The maximum atomic E-state index is 14.6. The van der Waals surface area contributed by atoms with Crippen molar-refractivity contribution in [2.45, 2.75) is 26.4 Å². The van der Waals surface area contributed by atoms with Crippen molar-refractivity contribution in [3.8, 4) is 0 Å². The summed E-state index contributed by atoms with van der Waals surface area (Å²) in [4.78, 5) is 16.0. The normalized spacial score (nSPS) is 19.2. The van der Waals surface area contributed by atoms with Crippen LogP contribution in [-0.4, -0.2) is 69.9 Å². The van der Waals surface area contributed by atoms with Gasteiger partial charge in [0.1, 0.15) is 11.3 Å². The number of hydrogen-bond donors (Lipinski definition) is 2. The highest BCUT2D eigenvalue weighted by Crippen LogP contribution is 2.64. The smallest absolute Gasteiger partial charge is 0.410 e. The molecule has 0 radical (unpaired) electrons. The summed E-state index contributed by atoms with van der Waals surface area (Å²) >= 11 is 0. The number of nitrogens with zero attached hydrogens (tertiary/aromatic N) is 4. The highest BCUT2D eigenvalue weighted by atomic mass is 32.3. The van der Waals surface area contributed by atoms with Crippen LogP contribution in [0.4, 0.5) is 30.6 Å². The van der Waals surface area contributed by atoms with Gasteiger partial charge in [-0.3, -0.25) is 18.3 Å². The Hall–Kier alpha value is -2.60. The van der Waals surface area contributed by atoms with Crippen molar-refractivity contribution in [3.63, 3.8) is 0 Å². The Morgan fingerprint density at radius 3 is 2.12 bits per heavy atom. The number of halogens is 2. The molecule has 186 valence electrons. The molecule has 4 rings (SSSR count). The maximum absolute atomic E-state index is 14.6. The van der Waals surface area contributed by atoms with Crippen LogP contribution in [0, 0.1) is 11.6 Å². The van der Waals surface area contributed by atoms with Crippen LogP contribution in [0.25, 0.3) is 0 Å². The first kappa shape index (κ1) is 24.5. The molecule has 34 heavy (non-hydrogen) atoms. The molecule has 0 unspecified atom stereocenters. The maximum Gasteiger partial charge on any atom is 0.410 e. The van der Waals surface area contributed by atoms with Crippen molar-refractivity contribution in [1.82, 2.24) is 9.80 Å². The highest BCUT2D eigenvalue weighted by molar-refractivity contribution is 8.27. The van der Waals surface area contributed by atoms with E-state index < -0.39 is 33.9 Å². The summed E-state index contributed by atoms with van der Waals surface area (Å²) in [7, 11) is -3.75. The van der Waals surface area contributed by atoms with Gasteiger partial charge >= 0.3 is 6.09 Å². The van der Waals surface area contributed by atoms with E-state index in [0.717, 1.165) is 16.4 Å². The molecule has 2 N–H and O–H groups in total. The Bertz CT molecular complexity index is 1040. The molecule has 1 saturated heterocycles. The molecule has 0 aromatic heterocycles. The lowest BCUT2D eigenvalue weighted by molar-refractivity contribution is 0.0148. The van der Waals surface area contributed by atoms with Crippen LogP contribution < -0.4 is 8.61 Å². The van der Waals surface area contributed by atoms with Gasteiger partial charge in [0.2, 0.25) is 0 Å². The first-order chi connectivity index (χ1) is 16.0. The topological polar surface area (TPSA) is 79.7 Å². The Kier molecular flexibility index (Phi) is 6.65. The number of fused-ring (bicyclic) bond motifs is 1. The van der Waals surface area contributed by atoms with Crippen LogP contribution in [0.1, 0.15) is 20.8 Å². The zero-order valence-corrected chi connectivity index (χ0v) is 20.3. The lowest BCUT2D eigenvalue weighted by Gasteiger charge is -2.44. The second kappa shape index (κ2) is 9.21. The van der Waals surface area contributed by atoms with Gasteiger partial charge in [-0.15, -0.1) is 0 Å². The van der Waals surface area contributed by atoms with Gasteiger partial charge in [0.15, 0.2) is 11.6 Å². The van der Waals surface area contributed by atoms with Crippen LogP contribution >= 0.6 is 11.0 Å². The second-order valence-electron chi connectivity index (χ2n) is 9.25. The van der Waals surface area contributed by atoms with Crippen molar-refractivity contribution in [1.29, 1.82) is 0 Å².